The minimum Gasteiger partial charge on any atom is -0.489 e. The van der Waals surface area contributed by atoms with E-state index in [0.29, 0.717) is 47.8 Å². The summed E-state index contributed by atoms with van der Waals surface area (Å²) in [5.41, 5.74) is 1.78. The van der Waals surface area contributed by atoms with E-state index in [9.17, 15) is 10.1 Å². The molecule has 5 nitrogen and oxygen atoms in total. The summed E-state index contributed by atoms with van der Waals surface area (Å²) in [6.45, 7) is 1.20. The molecule has 0 saturated carbocycles. The number of hydrogen-bond acceptors (Lipinski definition) is 4. The van der Waals surface area contributed by atoms with Gasteiger partial charge in [-0.05, 0) is 30.3 Å². The SMILES string of the molecule is N#Cc1cc(Cl)ccc1OC1CCN(C(=O)c2cccc3cccnc23)CC1. The lowest BCUT2D eigenvalue weighted by Gasteiger charge is -2.32. The topological polar surface area (TPSA) is 66.2 Å². The smallest absolute Gasteiger partial charge is 0.256 e. The molecular weight excluding hydrogens is 374 g/mol. The van der Waals surface area contributed by atoms with Gasteiger partial charge in [-0.25, -0.2) is 0 Å². The first-order chi connectivity index (χ1) is 13.7. The summed E-state index contributed by atoms with van der Waals surface area (Å²) in [4.78, 5) is 19.2. The maximum absolute atomic E-state index is 13.0. The number of amides is 1. The molecule has 0 unspecified atom stereocenters. The second-order valence-electron chi connectivity index (χ2n) is 6.74. The normalized spacial score (nSPS) is 14.6. The molecule has 1 amide bonds. The average Bonchev–Trinajstić information content (AvgIpc) is 2.74. The number of benzene rings is 2. The molecule has 0 spiro atoms. The highest BCUT2D eigenvalue weighted by Crippen LogP contribution is 2.26. The van der Waals surface area contributed by atoms with Crippen LogP contribution < -0.4 is 4.74 Å². The molecule has 3 aromatic rings. The van der Waals surface area contributed by atoms with Gasteiger partial charge in [0.25, 0.3) is 5.91 Å². The molecule has 6 heteroatoms. The van der Waals surface area contributed by atoms with E-state index >= 15 is 0 Å². The Bertz CT molecular complexity index is 1060. The van der Waals surface area contributed by atoms with Crippen LogP contribution >= 0.6 is 11.6 Å². The average molecular weight is 392 g/mol. The van der Waals surface area contributed by atoms with E-state index < -0.39 is 0 Å². The predicted molar refractivity (Wildman–Crippen MR) is 107 cm³/mol. The highest BCUT2D eigenvalue weighted by atomic mass is 35.5. The molecule has 4 rings (SSSR count). The lowest BCUT2D eigenvalue weighted by Crippen LogP contribution is -2.42. The molecule has 1 aliphatic rings. The van der Waals surface area contributed by atoms with Crippen LogP contribution in [0.2, 0.25) is 5.02 Å². The van der Waals surface area contributed by atoms with E-state index in [1.807, 2.05) is 35.2 Å². The molecule has 1 aromatic heterocycles. The Labute approximate surface area is 168 Å². The second kappa shape index (κ2) is 7.87. The fourth-order valence-electron chi connectivity index (χ4n) is 3.50. The third-order valence-corrected chi connectivity index (χ3v) is 5.18. The van der Waals surface area contributed by atoms with Crippen LogP contribution in [0.15, 0.2) is 54.7 Å². The van der Waals surface area contributed by atoms with Crippen LogP contribution in [0.25, 0.3) is 10.9 Å². The van der Waals surface area contributed by atoms with E-state index in [1.165, 1.54) is 0 Å². The van der Waals surface area contributed by atoms with Crippen LogP contribution in [0, 0.1) is 11.3 Å². The number of para-hydroxylation sites is 1. The number of carbonyl (C=O) groups is 1. The first-order valence-electron chi connectivity index (χ1n) is 9.15. The second-order valence-corrected chi connectivity index (χ2v) is 7.18. The van der Waals surface area contributed by atoms with Crippen LogP contribution in [0.1, 0.15) is 28.8 Å². The highest BCUT2D eigenvalue weighted by molar-refractivity contribution is 6.30. The Balaban J connectivity index is 1.44. The van der Waals surface area contributed by atoms with Crippen molar-refractivity contribution in [2.75, 3.05) is 13.1 Å². The predicted octanol–water partition coefficient (Wildman–Crippen LogP) is 4.44. The van der Waals surface area contributed by atoms with E-state index in [1.54, 1.807) is 24.4 Å². The van der Waals surface area contributed by atoms with Gasteiger partial charge in [0.05, 0.1) is 16.6 Å². The number of rotatable bonds is 3. The molecule has 1 saturated heterocycles. The van der Waals surface area contributed by atoms with Crippen LogP contribution in [0.3, 0.4) is 0 Å². The molecule has 140 valence electrons. The van der Waals surface area contributed by atoms with Gasteiger partial charge in [0.15, 0.2) is 0 Å². The summed E-state index contributed by atoms with van der Waals surface area (Å²) in [7, 11) is 0. The van der Waals surface area contributed by atoms with Crippen molar-refractivity contribution < 1.29 is 9.53 Å². The monoisotopic (exact) mass is 391 g/mol. The van der Waals surface area contributed by atoms with Crippen LogP contribution in [0.4, 0.5) is 0 Å². The van der Waals surface area contributed by atoms with Crippen molar-refractivity contribution in [3.05, 3.63) is 70.9 Å². The number of aromatic nitrogens is 1. The number of fused-ring (bicyclic) bond motifs is 1. The number of nitrogens with zero attached hydrogens (tertiary/aromatic N) is 3. The Morgan fingerprint density at radius 1 is 1.18 bits per heavy atom. The zero-order valence-corrected chi connectivity index (χ0v) is 15.9. The Morgan fingerprint density at radius 2 is 1.96 bits per heavy atom. The Morgan fingerprint density at radius 3 is 2.75 bits per heavy atom. The van der Waals surface area contributed by atoms with Gasteiger partial charge in [-0.1, -0.05) is 29.8 Å². The van der Waals surface area contributed by atoms with E-state index in [4.69, 9.17) is 16.3 Å². The summed E-state index contributed by atoms with van der Waals surface area (Å²) in [5, 5.41) is 10.7. The van der Waals surface area contributed by atoms with Gasteiger partial charge in [-0.2, -0.15) is 5.26 Å². The van der Waals surface area contributed by atoms with Crippen molar-refractivity contribution >= 4 is 28.4 Å². The van der Waals surface area contributed by atoms with E-state index in [0.717, 1.165) is 10.9 Å². The van der Waals surface area contributed by atoms with Crippen molar-refractivity contribution in [3.63, 3.8) is 0 Å². The minimum absolute atomic E-state index is 0.00745. The standard InChI is InChI=1S/C22H18ClN3O2/c23-17-6-7-20(16(13-17)14-24)28-18-8-11-26(12-9-18)22(27)19-5-1-3-15-4-2-10-25-21(15)19/h1-7,10,13,18H,8-9,11-12H2. The molecule has 2 heterocycles. The lowest BCUT2D eigenvalue weighted by atomic mass is 10.0. The largest absolute Gasteiger partial charge is 0.489 e. The summed E-state index contributed by atoms with van der Waals surface area (Å²) in [6.07, 6.45) is 3.08. The fraction of sp³-hybridized carbons (Fsp3) is 0.227. The minimum atomic E-state index is -0.0389. The number of likely N-dealkylation sites (tertiary alicyclic amines) is 1. The third-order valence-electron chi connectivity index (χ3n) is 4.95. The molecule has 28 heavy (non-hydrogen) atoms. The number of pyridine rings is 1. The number of hydrogen-bond donors (Lipinski definition) is 0. The molecule has 1 fully saturated rings. The summed E-state index contributed by atoms with van der Waals surface area (Å²) < 4.78 is 6.00. The molecule has 0 radical (unpaired) electrons. The van der Waals surface area contributed by atoms with E-state index in [2.05, 4.69) is 11.1 Å². The third kappa shape index (κ3) is 3.64. The van der Waals surface area contributed by atoms with Crippen LogP contribution in [0.5, 0.6) is 5.75 Å². The van der Waals surface area contributed by atoms with Gasteiger partial charge in [0.1, 0.15) is 17.9 Å². The van der Waals surface area contributed by atoms with Crippen molar-refractivity contribution in [1.82, 2.24) is 9.88 Å². The van der Waals surface area contributed by atoms with Gasteiger partial charge in [0.2, 0.25) is 0 Å². The van der Waals surface area contributed by atoms with Crippen LogP contribution in [-0.2, 0) is 0 Å². The molecule has 0 aliphatic carbocycles. The zero-order chi connectivity index (χ0) is 19.5. The quantitative estimate of drug-likeness (QED) is 0.661. The number of nitriles is 1. The summed E-state index contributed by atoms with van der Waals surface area (Å²) in [5.74, 6) is 0.530. The number of carbonyl (C=O) groups excluding carboxylic acids is 1. The van der Waals surface area contributed by atoms with Gasteiger partial charge in [-0.3, -0.25) is 9.78 Å². The first kappa shape index (κ1) is 18.3. The molecule has 0 N–H and O–H groups in total. The molecule has 0 atom stereocenters. The van der Waals surface area contributed by atoms with Crippen molar-refractivity contribution in [3.8, 4) is 11.8 Å². The van der Waals surface area contributed by atoms with E-state index in [-0.39, 0.29) is 12.0 Å². The number of ether oxygens (including phenoxy) is 1. The van der Waals surface area contributed by atoms with Crippen molar-refractivity contribution in [2.45, 2.75) is 18.9 Å². The molecule has 2 aromatic carbocycles. The first-order valence-corrected chi connectivity index (χ1v) is 9.53. The van der Waals surface area contributed by atoms with Crippen LogP contribution in [-0.4, -0.2) is 35.0 Å². The lowest BCUT2D eigenvalue weighted by molar-refractivity contribution is 0.0596. The number of halogens is 1. The Kier molecular flexibility index (Phi) is 5.14. The maximum atomic E-state index is 13.0. The molecule has 0 bridgehead atoms. The molecule has 1 aliphatic heterocycles. The highest BCUT2D eigenvalue weighted by Gasteiger charge is 2.26. The van der Waals surface area contributed by atoms with Gasteiger partial charge in [-0.15, -0.1) is 0 Å². The van der Waals surface area contributed by atoms with Gasteiger partial charge < -0.3 is 9.64 Å². The maximum Gasteiger partial charge on any atom is 0.256 e. The van der Waals surface area contributed by atoms with Gasteiger partial charge >= 0.3 is 0 Å². The van der Waals surface area contributed by atoms with Gasteiger partial charge in [0, 0.05) is 42.5 Å². The fourth-order valence-corrected chi connectivity index (χ4v) is 3.67. The van der Waals surface area contributed by atoms with Crippen molar-refractivity contribution in [2.24, 2.45) is 0 Å². The number of piperidine rings is 1. The van der Waals surface area contributed by atoms with Crippen molar-refractivity contribution in [1.29, 1.82) is 5.26 Å². The summed E-state index contributed by atoms with van der Waals surface area (Å²) >= 11 is 5.94. The molecular formula is C22H18ClN3O2. The summed E-state index contributed by atoms with van der Waals surface area (Å²) in [6, 6.07) is 16.6. The zero-order valence-electron chi connectivity index (χ0n) is 15.1. The Hall–Kier alpha value is -3.10.